The smallest absolute Gasteiger partial charge is 0.497 e. The second-order valence-electron chi connectivity index (χ2n) is 7.42. The Kier molecular flexibility index (Phi) is 5.98. The summed E-state index contributed by atoms with van der Waals surface area (Å²) in [5, 5.41) is 3.85. The number of aryl methyl sites for hydroxylation is 1. The summed E-state index contributed by atoms with van der Waals surface area (Å²) in [6, 6.07) is 12.9. The Morgan fingerprint density at radius 2 is 1.97 bits per heavy atom. The molecule has 4 rings (SSSR count). The van der Waals surface area contributed by atoms with Crippen LogP contribution in [0.2, 0.25) is 0 Å². The standard InChI is InChI=1S/C22H23F3N4O3/c1-3-29-18-8-7-15(31-2)10-14(18)11-19(29)17-12-20(28-27-17)26-21(30)13-5-4-6-16(9-13)32-22(23,24)25/h4-11,17,20,27-28H,3,12H2,1-2H3,(H,26,30). The largest absolute Gasteiger partial charge is 0.573 e. The number of hydrogen-bond donors (Lipinski definition) is 3. The maximum absolute atomic E-state index is 12.6. The van der Waals surface area contributed by atoms with Crippen LogP contribution >= 0.6 is 0 Å². The highest BCUT2D eigenvalue weighted by Crippen LogP contribution is 2.31. The molecular weight excluding hydrogens is 425 g/mol. The van der Waals surface area contributed by atoms with Crippen molar-refractivity contribution in [2.75, 3.05) is 7.11 Å². The molecular formula is C22H23F3N4O3. The van der Waals surface area contributed by atoms with E-state index in [9.17, 15) is 18.0 Å². The van der Waals surface area contributed by atoms with Gasteiger partial charge in [0, 0.05) is 35.1 Å². The monoisotopic (exact) mass is 448 g/mol. The van der Waals surface area contributed by atoms with Crippen LogP contribution in [0.15, 0.2) is 48.5 Å². The van der Waals surface area contributed by atoms with Gasteiger partial charge in [0.15, 0.2) is 0 Å². The van der Waals surface area contributed by atoms with Gasteiger partial charge >= 0.3 is 6.36 Å². The number of rotatable bonds is 6. The van der Waals surface area contributed by atoms with Crippen LogP contribution in [0.3, 0.4) is 0 Å². The SMILES string of the molecule is CCn1c(C2CC(NC(=O)c3cccc(OC(F)(F)F)c3)NN2)cc2cc(OC)ccc21. The van der Waals surface area contributed by atoms with E-state index in [1.165, 1.54) is 12.1 Å². The molecule has 2 aromatic carbocycles. The Bertz CT molecular complexity index is 1130. The average molecular weight is 448 g/mol. The quantitative estimate of drug-likeness (QED) is 0.534. The van der Waals surface area contributed by atoms with Gasteiger partial charge in [-0.3, -0.25) is 4.79 Å². The third-order valence-corrected chi connectivity index (χ3v) is 5.35. The Labute approximate surface area is 182 Å². The highest BCUT2D eigenvalue weighted by Gasteiger charge is 2.32. The summed E-state index contributed by atoms with van der Waals surface area (Å²) in [7, 11) is 1.62. The van der Waals surface area contributed by atoms with E-state index in [4.69, 9.17) is 4.74 Å². The molecule has 10 heteroatoms. The number of hydrazine groups is 1. The summed E-state index contributed by atoms with van der Waals surface area (Å²) < 4.78 is 48.7. The van der Waals surface area contributed by atoms with E-state index in [2.05, 4.69) is 38.5 Å². The van der Waals surface area contributed by atoms with Crippen LogP contribution in [0.25, 0.3) is 10.9 Å². The minimum atomic E-state index is -4.82. The lowest BCUT2D eigenvalue weighted by molar-refractivity contribution is -0.274. The zero-order valence-electron chi connectivity index (χ0n) is 17.5. The number of hydrogen-bond acceptors (Lipinski definition) is 5. The fourth-order valence-corrected chi connectivity index (χ4v) is 3.96. The Morgan fingerprint density at radius 1 is 1.16 bits per heavy atom. The molecule has 7 nitrogen and oxygen atoms in total. The molecule has 2 heterocycles. The number of methoxy groups -OCH3 is 1. The number of carbonyl (C=O) groups is 1. The first kappa shape index (κ1) is 22.0. The number of ether oxygens (including phenoxy) is 2. The zero-order chi connectivity index (χ0) is 22.9. The molecule has 1 aliphatic heterocycles. The van der Waals surface area contributed by atoms with Crippen molar-refractivity contribution in [3.8, 4) is 11.5 Å². The minimum Gasteiger partial charge on any atom is -0.497 e. The number of nitrogens with one attached hydrogen (secondary N) is 3. The first-order valence-corrected chi connectivity index (χ1v) is 10.1. The van der Waals surface area contributed by atoms with Crippen LogP contribution in [0.1, 0.15) is 35.4 Å². The van der Waals surface area contributed by atoms with Crippen molar-refractivity contribution in [1.82, 2.24) is 20.7 Å². The Hall–Kier alpha value is -3.24. The summed E-state index contributed by atoms with van der Waals surface area (Å²) in [6.07, 6.45) is -4.67. The molecule has 1 fully saturated rings. The van der Waals surface area contributed by atoms with E-state index in [0.29, 0.717) is 6.42 Å². The van der Waals surface area contributed by atoms with E-state index in [1.807, 2.05) is 18.2 Å². The van der Waals surface area contributed by atoms with Crippen LogP contribution in [0.4, 0.5) is 13.2 Å². The number of carbonyl (C=O) groups excluding carboxylic acids is 1. The van der Waals surface area contributed by atoms with E-state index in [0.717, 1.165) is 41.0 Å². The van der Waals surface area contributed by atoms with Gasteiger partial charge in [-0.05, 0) is 49.4 Å². The summed E-state index contributed by atoms with van der Waals surface area (Å²) in [4.78, 5) is 12.6. The van der Waals surface area contributed by atoms with Crippen molar-refractivity contribution in [1.29, 1.82) is 0 Å². The summed E-state index contributed by atoms with van der Waals surface area (Å²) in [5.41, 5.74) is 8.46. The van der Waals surface area contributed by atoms with Gasteiger partial charge in [-0.1, -0.05) is 6.07 Å². The predicted octanol–water partition coefficient (Wildman–Crippen LogP) is 3.86. The molecule has 0 saturated carbocycles. The van der Waals surface area contributed by atoms with E-state index in [-0.39, 0.29) is 11.6 Å². The third-order valence-electron chi connectivity index (χ3n) is 5.35. The van der Waals surface area contributed by atoms with Crippen molar-refractivity contribution < 1.29 is 27.4 Å². The average Bonchev–Trinajstić information content (AvgIpc) is 3.35. The number of nitrogens with zero attached hydrogens (tertiary/aromatic N) is 1. The zero-order valence-corrected chi connectivity index (χ0v) is 17.5. The maximum atomic E-state index is 12.6. The number of halogens is 3. The first-order valence-electron chi connectivity index (χ1n) is 10.1. The van der Waals surface area contributed by atoms with Crippen LogP contribution in [0, 0.1) is 0 Å². The van der Waals surface area contributed by atoms with Crippen molar-refractivity contribution in [3.63, 3.8) is 0 Å². The van der Waals surface area contributed by atoms with Gasteiger partial charge in [0.05, 0.1) is 19.3 Å². The van der Waals surface area contributed by atoms with E-state index in [1.54, 1.807) is 7.11 Å². The lowest BCUT2D eigenvalue weighted by atomic mass is 10.1. The van der Waals surface area contributed by atoms with Gasteiger partial charge < -0.3 is 19.4 Å². The normalized spacial score (nSPS) is 18.7. The number of amides is 1. The molecule has 2 unspecified atom stereocenters. The maximum Gasteiger partial charge on any atom is 0.573 e. The van der Waals surface area contributed by atoms with Crippen molar-refractivity contribution in [2.45, 2.75) is 38.5 Å². The lowest BCUT2D eigenvalue weighted by Crippen LogP contribution is -2.44. The highest BCUT2D eigenvalue weighted by molar-refractivity contribution is 5.94. The number of fused-ring (bicyclic) bond motifs is 1. The van der Waals surface area contributed by atoms with Gasteiger partial charge in [-0.2, -0.15) is 0 Å². The lowest BCUT2D eigenvalue weighted by Gasteiger charge is -2.14. The van der Waals surface area contributed by atoms with Crippen LogP contribution in [0.5, 0.6) is 11.5 Å². The van der Waals surface area contributed by atoms with E-state index >= 15 is 0 Å². The topological polar surface area (TPSA) is 76.6 Å². The summed E-state index contributed by atoms with van der Waals surface area (Å²) in [6.45, 7) is 2.83. The molecule has 170 valence electrons. The number of benzene rings is 2. The Morgan fingerprint density at radius 3 is 2.69 bits per heavy atom. The van der Waals surface area contributed by atoms with Gasteiger partial charge in [-0.15, -0.1) is 13.2 Å². The van der Waals surface area contributed by atoms with Crippen molar-refractivity contribution in [2.24, 2.45) is 0 Å². The summed E-state index contributed by atoms with van der Waals surface area (Å²) in [5.74, 6) is -0.168. The molecule has 3 N–H and O–H groups in total. The van der Waals surface area contributed by atoms with Gasteiger partial charge in [-0.25, -0.2) is 10.9 Å². The van der Waals surface area contributed by atoms with Crippen LogP contribution in [-0.2, 0) is 6.54 Å². The Balaban J connectivity index is 1.46. The molecule has 1 aromatic heterocycles. The van der Waals surface area contributed by atoms with Crippen molar-refractivity contribution >= 4 is 16.8 Å². The predicted molar refractivity (Wildman–Crippen MR) is 112 cm³/mol. The van der Waals surface area contributed by atoms with Crippen LogP contribution in [-0.4, -0.2) is 30.1 Å². The molecule has 32 heavy (non-hydrogen) atoms. The van der Waals surface area contributed by atoms with Gasteiger partial charge in [0.25, 0.3) is 5.91 Å². The first-order chi connectivity index (χ1) is 15.3. The van der Waals surface area contributed by atoms with Crippen molar-refractivity contribution in [3.05, 3.63) is 59.8 Å². The summed E-state index contributed by atoms with van der Waals surface area (Å²) >= 11 is 0. The molecule has 0 aliphatic carbocycles. The fourth-order valence-electron chi connectivity index (χ4n) is 3.96. The third kappa shape index (κ3) is 4.66. The second-order valence-corrected chi connectivity index (χ2v) is 7.42. The molecule has 1 aliphatic rings. The molecule has 0 radical (unpaired) electrons. The van der Waals surface area contributed by atoms with Gasteiger partial charge in [0.2, 0.25) is 0 Å². The minimum absolute atomic E-state index is 0.0708. The fraction of sp³-hybridized carbons (Fsp3) is 0.318. The molecule has 0 spiro atoms. The van der Waals surface area contributed by atoms with E-state index < -0.39 is 24.2 Å². The van der Waals surface area contributed by atoms with Crippen LogP contribution < -0.4 is 25.6 Å². The molecule has 1 saturated heterocycles. The number of alkyl halides is 3. The molecule has 1 amide bonds. The highest BCUT2D eigenvalue weighted by atomic mass is 19.4. The molecule has 3 aromatic rings. The second kappa shape index (κ2) is 8.71. The van der Waals surface area contributed by atoms with Gasteiger partial charge in [0.1, 0.15) is 11.5 Å². The molecule has 0 bridgehead atoms. The molecule has 2 atom stereocenters. The number of aromatic nitrogens is 1.